The summed E-state index contributed by atoms with van der Waals surface area (Å²) in [6, 6.07) is 2.25. The number of nitrogens with two attached hydrogens (primary N) is 1. The van der Waals surface area contributed by atoms with E-state index >= 15 is 0 Å². The van der Waals surface area contributed by atoms with Gasteiger partial charge in [-0.25, -0.2) is 14.2 Å². The van der Waals surface area contributed by atoms with Crippen LogP contribution in [-0.4, -0.2) is 42.8 Å². The molecule has 22 heavy (non-hydrogen) atoms. The molecule has 1 saturated heterocycles. The Balaban J connectivity index is 1.88. The lowest BCUT2D eigenvalue weighted by Gasteiger charge is -2.23. The van der Waals surface area contributed by atoms with Gasteiger partial charge in [-0.2, -0.15) is 5.10 Å². The van der Waals surface area contributed by atoms with Crippen molar-refractivity contribution in [2.75, 3.05) is 18.9 Å². The van der Waals surface area contributed by atoms with Crippen LogP contribution in [0.25, 0.3) is 16.8 Å². The van der Waals surface area contributed by atoms with Crippen LogP contribution in [0.1, 0.15) is 18.9 Å². The fourth-order valence-corrected chi connectivity index (χ4v) is 3.36. The van der Waals surface area contributed by atoms with Crippen molar-refractivity contribution in [3.8, 4) is 11.3 Å². The Morgan fingerprint density at radius 1 is 1.32 bits per heavy atom. The molecule has 0 atom stereocenters. The zero-order valence-electron chi connectivity index (χ0n) is 11.7. The van der Waals surface area contributed by atoms with Gasteiger partial charge in [0.1, 0.15) is 16.4 Å². The van der Waals surface area contributed by atoms with Crippen molar-refractivity contribution in [3.63, 3.8) is 0 Å². The number of ether oxygens (including phenoxy) is 1. The van der Waals surface area contributed by atoms with E-state index in [1.165, 1.54) is 6.33 Å². The molecule has 0 spiro atoms. The van der Waals surface area contributed by atoms with Gasteiger partial charge in [0.15, 0.2) is 5.82 Å². The van der Waals surface area contributed by atoms with E-state index in [0.717, 1.165) is 47.4 Å². The van der Waals surface area contributed by atoms with E-state index in [9.17, 15) is 0 Å². The van der Waals surface area contributed by atoms with Crippen LogP contribution in [0.3, 0.4) is 0 Å². The molecular formula is C13H14BrN7O. The highest BCUT2D eigenvalue weighted by atomic mass is 79.9. The van der Waals surface area contributed by atoms with Gasteiger partial charge in [-0.1, -0.05) is 5.21 Å². The summed E-state index contributed by atoms with van der Waals surface area (Å²) in [5, 5.41) is 12.6. The predicted molar refractivity (Wildman–Crippen MR) is 83.2 cm³/mol. The number of anilines is 1. The largest absolute Gasteiger partial charge is 0.382 e. The lowest BCUT2D eigenvalue weighted by Crippen LogP contribution is -2.21. The fourth-order valence-electron chi connectivity index (χ4n) is 2.86. The summed E-state index contributed by atoms with van der Waals surface area (Å²) >= 11 is 3.51. The van der Waals surface area contributed by atoms with Gasteiger partial charge in [-0.3, -0.25) is 0 Å². The summed E-state index contributed by atoms with van der Waals surface area (Å²) in [5.41, 5.74) is 8.63. The van der Waals surface area contributed by atoms with E-state index < -0.39 is 0 Å². The second kappa shape index (κ2) is 5.33. The molecule has 8 nitrogen and oxygen atoms in total. The van der Waals surface area contributed by atoms with Gasteiger partial charge in [0.05, 0.1) is 17.9 Å². The fraction of sp³-hybridized carbons (Fsp3) is 0.385. The lowest BCUT2D eigenvalue weighted by molar-refractivity contribution is 0.0662. The molecule has 0 bridgehead atoms. The molecule has 0 aromatic carbocycles. The molecule has 4 rings (SSSR count). The van der Waals surface area contributed by atoms with E-state index in [0.29, 0.717) is 5.82 Å². The molecule has 0 radical (unpaired) electrons. The number of halogens is 1. The molecule has 1 aliphatic heterocycles. The molecule has 0 aliphatic carbocycles. The van der Waals surface area contributed by atoms with Crippen molar-refractivity contribution in [2.45, 2.75) is 18.9 Å². The molecule has 0 unspecified atom stereocenters. The first-order valence-corrected chi connectivity index (χ1v) is 7.81. The number of aromatic nitrogens is 6. The Morgan fingerprint density at radius 3 is 2.95 bits per heavy atom. The monoisotopic (exact) mass is 363 g/mol. The van der Waals surface area contributed by atoms with Crippen molar-refractivity contribution < 1.29 is 4.74 Å². The molecule has 1 aliphatic rings. The highest BCUT2D eigenvalue weighted by molar-refractivity contribution is 9.10. The second-order valence-corrected chi connectivity index (χ2v) is 6.01. The van der Waals surface area contributed by atoms with Crippen LogP contribution in [0.4, 0.5) is 5.82 Å². The zero-order valence-corrected chi connectivity index (χ0v) is 13.3. The van der Waals surface area contributed by atoms with Gasteiger partial charge in [-0.05, 0) is 34.8 Å². The Kier molecular flexibility index (Phi) is 3.30. The molecule has 114 valence electrons. The normalized spacial score (nSPS) is 16.4. The van der Waals surface area contributed by atoms with E-state index in [1.807, 2.05) is 10.7 Å². The van der Waals surface area contributed by atoms with Gasteiger partial charge in [0.25, 0.3) is 0 Å². The third-order valence-corrected chi connectivity index (χ3v) is 4.49. The third-order valence-electron chi connectivity index (χ3n) is 3.93. The summed E-state index contributed by atoms with van der Waals surface area (Å²) in [6.45, 7) is 1.49. The van der Waals surface area contributed by atoms with Crippen LogP contribution < -0.4 is 5.73 Å². The van der Waals surface area contributed by atoms with Crippen molar-refractivity contribution in [3.05, 3.63) is 23.2 Å². The molecule has 3 aromatic heterocycles. The second-order valence-electron chi connectivity index (χ2n) is 5.19. The van der Waals surface area contributed by atoms with Crippen LogP contribution in [-0.2, 0) is 4.74 Å². The van der Waals surface area contributed by atoms with E-state index in [4.69, 9.17) is 10.5 Å². The number of hydrogen-bond acceptors (Lipinski definition) is 6. The van der Waals surface area contributed by atoms with Gasteiger partial charge >= 0.3 is 0 Å². The topological polar surface area (TPSA) is 96.1 Å². The van der Waals surface area contributed by atoms with Crippen LogP contribution >= 0.6 is 15.9 Å². The molecule has 3 aromatic rings. The first-order valence-electron chi connectivity index (χ1n) is 7.01. The molecule has 9 heteroatoms. The highest BCUT2D eigenvalue weighted by Gasteiger charge is 2.23. The quantitative estimate of drug-likeness (QED) is 0.743. The maximum Gasteiger partial charge on any atom is 0.152 e. The number of fused-ring (bicyclic) bond motifs is 1. The van der Waals surface area contributed by atoms with Crippen molar-refractivity contribution in [1.82, 2.24) is 29.6 Å². The molecule has 2 N–H and O–H groups in total. The van der Waals surface area contributed by atoms with E-state index in [1.54, 1.807) is 10.7 Å². The summed E-state index contributed by atoms with van der Waals surface area (Å²) in [4.78, 5) is 4.09. The standard InChI is InChI=1S/C13H14BrN7O/c14-11-5-9(12-13(15)16-7-18-21(11)12)10-6-17-19-20(10)8-1-3-22-4-2-8/h5-8H,1-4H2,(H2,15,16,18). The number of hydrogen-bond donors (Lipinski definition) is 1. The average Bonchev–Trinajstić information content (AvgIpc) is 3.14. The first-order chi connectivity index (χ1) is 10.8. The van der Waals surface area contributed by atoms with Gasteiger partial charge < -0.3 is 10.5 Å². The third kappa shape index (κ3) is 2.08. The highest BCUT2D eigenvalue weighted by Crippen LogP contribution is 2.34. The Bertz CT molecular complexity index is 821. The molecule has 4 heterocycles. The number of nitrogens with zero attached hydrogens (tertiary/aromatic N) is 6. The summed E-state index contributed by atoms with van der Waals surface area (Å²) in [5.74, 6) is 0.426. The minimum atomic E-state index is 0.283. The van der Waals surface area contributed by atoms with Gasteiger partial charge in [-0.15, -0.1) is 5.10 Å². The first kappa shape index (κ1) is 13.6. The van der Waals surface area contributed by atoms with Crippen LogP contribution in [0.2, 0.25) is 0 Å². The predicted octanol–water partition coefficient (Wildman–Crippen LogP) is 1.68. The SMILES string of the molecule is Nc1ncnn2c(Br)cc(-c3cnnn3C3CCOCC3)c12. The summed E-state index contributed by atoms with van der Waals surface area (Å²) < 4.78 is 9.91. The van der Waals surface area contributed by atoms with Gasteiger partial charge in [0.2, 0.25) is 0 Å². The number of rotatable bonds is 2. The Morgan fingerprint density at radius 2 is 2.14 bits per heavy atom. The minimum absolute atomic E-state index is 0.283. The van der Waals surface area contributed by atoms with Crippen LogP contribution in [0.15, 0.2) is 23.2 Å². The zero-order chi connectivity index (χ0) is 15.1. The van der Waals surface area contributed by atoms with Crippen LogP contribution in [0, 0.1) is 0 Å². The molecule has 1 fully saturated rings. The average molecular weight is 364 g/mol. The van der Waals surface area contributed by atoms with E-state index in [-0.39, 0.29) is 6.04 Å². The minimum Gasteiger partial charge on any atom is -0.382 e. The Hall–Kier alpha value is -2.00. The van der Waals surface area contributed by atoms with Gasteiger partial charge in [0, 0.05) is 18.8 Å². The maximum absolute atomic E-state index is 6.04. The van der Waals surface area contributed by atoms with E-state index in [2.05, 4.69) is 36.3 Å². The summed E-state index contributed by atoms with van der Waals surface area (Å²) in [6.07, 6.45) is 5.04. The molecule has 0 saturated carbocycles. The lowest BCUT2D eigenvalue weighted by atomic mass is 10.1. The molecular weight excluding hydrogens is 350 g/mol. The van der Waals surface area contributed by atoms with Crippen molar-refractivity contribution in [2.24, 2.45) is 0 Å². The smallest absolute Gasteiger partial charge is 0.152 e. The van der Waals surface area contributed by atoms with Crippen LogP contribution in [0.5, 0.6) is 0 Å². The van der Waals surface area contributed by atoms with Crippen molar-refractivity contribution in [1.29, 1.82) is 0 Å². The molecule has 0 amide bonds. The maximum atomic E-state index is 6.04. The Labute approximate surface area is 134 Å². The number of nitrogen functional groups attached to an aromatic ring is 1. The summed E-state index contributed by atoms with van der Waals surface area (Å²) in [7, 11) is 0. The van der Waals surface area contributed by atoms with Crippen molar-refractivity contribution >= 4 is 27.3 Å².